The molecule has 2 aromatic carbocycles. The van der Waals surface area contributed by atoms with Gasteiger partial charge in [0.25, 0.3) is 0 Å². The second-order valence-corrected chi connectivity index (χ2v) is 9.00. The molecule has 0 radical (unpaired) electrons. The van der Waals surface area contributed by atoms with Gasteiger partial charge >= 0.3 is 0 Å². The fourth-order valence-electron chi connectivity index (χ4n) is 3.50. The van der Waals surface area contributed by atoms with Crippen LogP contribution in [0.15, 0.2) is 47.6 Å². The van der Waals surface area contributed by atoms with Crippen LogP contribution in [0.2, 0.25) is 0 Å². The Morgan fingerprint density at radius 2 is 1.82 bits per heavy atom. The fourth-order valence-corrected chi connectivity index (χ4v) is 4.31. The van der Waals surface area contributed by atoms with Crippen molar-refractivity contribution in [3.8, 4) is 5.75 Å². The highest BCUT2D eigenvalue weighted by molar-refractivity contribution is 7.99. The summed E-state index contributed by atoms with van der Waals surface area (Å²) in [6.45, 7) is 8.45. The van der Waals surface area contributed by atoms with Gasteiger partial charge in [0.2, 0.25) is 11.8 Å². The van der Waals surface area contributed by atoms with Crippen LogP contribution in [-0.2, 0) is 22.6 Å². The number of hydrogen-bond acceptors (Lipinski definition) is 6. The van der Waals surface area contributed by atoms with Gasteiger partial charge in [-0.1, -0.05) is 36.0 Å². The van der Waals surface area contributed by atoms with Crippen LogP contribution in [0.5, 0.6) is 5.75 Å². The molecule has 34 heavy (non-hydrogen) atoms. The number of nitrogens with one attached hydrogen (secondary N) is 2. The van der Waals surface area contributed by atoms with E-state index in [2.05, 4.69) is 20.8 Å². The fraction of sp³-hybridized carbons (Fsp3) is 0.360. The number of aryl methyl sites for hydroxylation is 2. The average Bonchev–Trinajstić information content (AvgIpc) is 3.23. The number of ether oxygens (including phenoxy) is 1. The number of anilines is 1. The van der Waals surface area contributed by atoms with Crippen molar-refractivity contribution in [3.05, 3.63) is 65.0 Å². The van der Waals surface area contributed by atoms with Gasteiger partial charge in [-0.3, -0.25) is 9.59 Å². The first-order chi connectivity index (χ1) is 16.3. The highest BCUT2D eigenvalue weighted by atomic mass is 32.2. The smallest absolute Gasteiger partial charge is 0.234 e. The topological polar surface area (TPSA) is 98.1 Å². The molecule has 1 heterocycles. The lowest BCUT2D eigenvalue weighted by molar-refractivity contribution is -0.121. The van der Waals surface area contributed by atoms with E-state index in [1.54, 1.807) is 7.11 Å². The molecule has 0 bridgehead atoms. The molecule has 1 unspecified atom stereocenters. The van der Waals surface area contributed by atoms with Crippen LogP contribution in [-0.4, -0.2) is 39.4 Å². The Bertz CT molecular complexity index is 1140. The summed E-state index contributed by atoms with van der Waals surface area (Å²) < 4.78 is 7.08. The molecular weight excluding hydrogens is 450 g/mol. The number of hydrogen-bond donors (Lipinski definition) is 2. The third-order valence-electron chi connectivity index (χ3n) is 5.35. The van der Waals surface area contributed by atoms with Crippen LogP contribution in [0.25, 0.3) is 0 Å². The van der Waals surface area contributed by atoms with Gasteiger partial charge in [-0.2, -0.15) is 0 Å². The van der Waals surface area contributed by atoms with Crippen molar-refractivity contribution in [3.63, 3.8) is 0 Å². The Kier molecular flexibility index (Phi) is 8.70. The van der Waals surface area contributed by atoms with E-state index >= 15 is 0 Å². The molecule has 3 aromatic rings. The van der Waals surface area contributed by atoms with Crippen LogP contribution >= 0.6 is 11.8 Å². The highest BCUT2D eigenvalue weighted by Crippen LogP contribution is 2.22. The molecule has 180 valence electrons. The van der Waals surface area contributed by atoms with Gasteiger partial charge in [0.1, 0.15) is 5.75 Å². The molecule has 1 atom stereocenters. The lowest BCUT2D eigenvalue weighted by atomic mass is 10.1. The molecule has 0 aliphatic carbocycles. The van der Waals surface area contributed by atoms with Crippen molar-refractivity contribution < 1.29 is 14.3 Å². The third-order valence-corrected chi connectivity index (χ3v) is 6.32. The summed E-state index contributed by atoms with van der Waals surface area (Å²) in [5, 5.41) is 15.1. The number of methoxy groups -OCH3 is 1. The van der Waals surface area contributed by atoms with Crippen LogP contribution in [0.4, 0.5) is 5.69 Å². The number of aromatic nitrogens is 3. The number of amides is 2. The van der Waals surface area contributed by atoms with E-state index in [4.69, 9.17) is 4.74 Å². The Morgan fingerprint density at radius 3 is 2.50 bits per heavy atom. The number of carbonyl (C=O) groups is 2. The van der Waals surface area contributed by atoms with Crippen LogP contribution in [0.1, 0.15) is 42.4 Å². The van der Waals surface area contributed by atoms with E-state index in [0.29, 0.717) is 17.5 Å². The Balaban J connectivity index is 1.58. The minimum atomic E-state index is -0.323. The van der Waals surface area contributed by atoms with Crippen molar-refractivity contribution in [2.24, 2.45) is 0 Å². The molecule has 0 aliphatic heterocycles. The SMILES string of the molecule is CCn1c(SCC(=O)Nc2cc(C)ccc2C)nnc1C(C)NC(=O)Cc1ccc(OC)cc1. The second kappa shape index (κ2) is 11.7. The van der Waals surface area contributed by atoms with Crippen LogP contribution in [0, 0.1) is 13.8 Å². The van der Waals surface area contributed by atoms with Gasteiger partial charge in [-0.15, -0.1) is 10.2 Å². The van der Waals surface area contributed by atoms with E-state index in [1.165, 1.54) is 11.8 Å². The molecule has 0 saturated carbocycles. The Morgan fingerprint density at radius 1 is 1.09 bits per heavy atom. The first-order valence-corrected chi connectivity index (χ1v) is 12.1. The molecule has 8 nitrogen and oxygen atoms in total. The van der Waals surface area contributed by atoms with Gasteiger partial charge < -0.3 is 19.9 Å². The molecule has 0 spiro atoms. The maximum atomic E-state index is 12.5. The van der Waals surface area contributed by atoms with E-state index in [1.807, 2.05) is 74.7 Å². The van der Waals surface area contributed by atoms with Gasteiger partial charge in [-0.05, 0) is 62.6 Å². The molecule has 2 N–H and O–H groups in total. The van der Waals surface area contributed by atoms with Gasteiger partial charge in [0.05, 0.1) is 25.3 Å². The second-order valence-electron chi connectivity index (χ2n) is 8.05. The third kappa shape index (κ3) is 6.60. The number of benzene rings is 2. The molecule has 0 aliphatic rings. The molecule has 2 amide bonds. The summed E-state index contributed by atoms with van der Waals surface area (Å²) in [6.07, 6.45) is 0.259. The lowest BCUT2D eigenvalue weighted by Gasteiger charge is -2.15. The number of nitrogens with zero attached hydrogens (tertiary/aromatic N) is 3. The van der Waals surface area contributed by atoms with Crippen molar-refractivity contribution in [1.82, 2.24) is 20.1 Å². The lowest BCUT2D eigenvalue weighted by Crippen LogP contribution is -2.30. The molecule has 0 saturated heterocycles. The number of thioether (sulfide) groups is 1. The van der Waals surface area contributed by atoms with E-state index in [-0.39, 0.29) is 30.0 Å². The molecular formula is C25H31N5O3S. The van der Waals surface area contributed by atoms with Gasteiger partial charge in [0, 0.05) is 12.2 Å². The quantitative estimate of drug-likeness (QED) is 0.424. The predicted molar refractivity (Wildman–Crippen MR) is 134 cm³/mol. The maximum absolute atomic E-state index is 12.5. The number of rotatable bonds is 10. The summed E-state index contributed by atoms with van der Waals surface area (Å²) >= 11 is 1.32. The Hall–Kier alpha value is -3.33. The summed E-state index contributed by atoms with van der Waals surface area (Å²) in [4.78, 5) is 25.0. The average molecular weight is 482 g/mol. The van der Waals surface area contributed by atoms with E-state index in [0.717, 1.165) is 28.1 Å². The zero-order valence-electron chi connectivity index (χ0n) is 20.2. The zero-order valence-corrected chi connectivity index (χ0v) is 21.0. The van der Waals surface area contributed by atoms with Gasteiger partial charge in [0.15, 0.2) is 11.0 Å². The monoisotopic (exact) mass is 481 g/mol. The zero-order chi connectivity index (χ0) is 24.7. The summed E-state index contributed by atoms with van der Waals surface area (Å²) in [5.74, 6) is 1.41. The first kappa shape index (κ1) is 25.3. The van der Waals surface area contributed by atoms with Crippen molar-refractivity contribution >= 4 is 29.3 Å². The standard InChI is InChI=1S/C25H31N5O3S/c1-6-30-24(18(4)26-22(31)14-19-9-11-20(33-5)12-10-19)28-29-25(30)34-15-23(32)27-21-13-16(2)7-8-17(21)3/h7-13,18H,6,14-15H2,1-5H3,(H,26,31)(H,27,32). The molecule has 0 fully saturated rings. The van der Waals surface area contributed by atoms with E-state index in [9.17, 15) is 9.59 Å². The normalized spacial score (nSPS) is 11.7. The summed E-state index contributed by atoms with van der Waals surface area (Å²) in [7, 11) is 1.61. The minimum Gasteiger partial charge on any atom is -0.497 e. The highest BCUT2D eigenvalue weighted by Gasteiger charge is 2.20. The summed E-state index contributed by atoms with van der Waals surface area (Å²) in [6, 6.07) is 13.0. The summed E-state index contributed by atoms with van der Waals surface area (Å²) in [5.41, 5.74) is 3.82. The van der Waals surface area contributed by atoms with Crippen LogP contribution < -0.4 is 15.4 Å². The number of carbonyl (C=O) groups excluding carboxylic acids is 2. The largest absolute Gasteiger partial charge is 0.497 e. The van der Waals surface area contributed by atoms with Crippen molar-refractivity contribution in [1.29, 1.82) is 0 Å². The Labute approximate surface area is 204 Å². The first-order valence-electron chi connectivity index (χ1n) is 11.2. The van der Waals surface area contributed by atoms with Crippen LogP contribution in [0.3, 0.4) is 0 Å². The van der Waals surface area contributed by atoms with E-state index < -0.39 is 0 Å². The molecule has 1 aromatic heterocycles. The predicted octanol–water partition coefficient (Wildman–Crippen LogP) is 4.07. The molecule has 9 heteroatoms. The molecule has 3 rings (SSSR count). The van der Waals surface area contributed by atoms with Gasteiger partial charge in [-0.25, -0.2) is 0 Å². The van der Waals surface area contributed by atoms with Crippen molar-refractivity contribution in [2.75, 3.05) is 18.2 Å². The maximum Gasteiger partial charge on any atom is 0.234 e. The van der Waals surface area contributed by atoms with Crippen molar-refractivity contribution in [2.45, 2.75) is 51.9 Å². The minimum absolute atomic E-state index is 0.105.